The summed E-state index contributed by atoms with van der Waals surface area (Å²) in [6.07, 6.45) is 6.57. The molecular formula is C27H38F2N4O3. The van der Waals surface area contributed by atoms with Crippen molar-refractivity contribution in [2.75, 3.05) is 53.0 Å². The molecule has 9 heteroatoms. The number of piperidine rings is 2. The van der Waals surface area contributed by atoms with Crippen molar-refractivity contribution < 1.29 is 23.1 Å². The van der Waals surface area contributed by atoms with Crippen LogP contribution < -0.4 is 5.32 Å². The number of amides is 3. The predicted molar refractivity (Wildman–Crippen MR) is 131 cm³/mol. The van der Waals surface area contributed by atoms with Gasteiger partial charge in [0.1, 0.15) is 18.2 Å². The van der Waals surface area contributed by atoms with Crippen LogP contribution in [0.3, 0.4) is 0 Å². The molecule has 3 atom stereocenters. The van der Waals surface area contributed by atoms with Gasteiger partial charge in [0.2, 0.25) is 5.91 Å². The van der Waals surface area contributed by atoms with E-state index in [-0.39, 0.29) is 35.6 Å². The molecule has 1 spiro atoms. The van der Waals surface area contributed by atoms with Crippen LogP contribution in [0.4, 0.5) is 13.6 Å². The van der Waals surface area contributed by atoms with Crippen molar-refractivity contribution in [2.45, 2.75) is 57.0 Å². The van der Waals surface area contributed by atoms with Gasteiger partial charge in [-0.2, -0.15) is 0 Å². The third-order valence-electron chi connectivity index (χ3n) is 9.09. The quantitative estimate of drug-likeness (QED) is 0.681. The fraction of sp³-hybridized carbons (Fsp3) is 0.704. The number of carbonyl (C=O) groups is 2. The molecule has 7 nitrogen and oxygen atoms in total. The summed E-state index contributed by atoms with van der Waals surface area (Å²) in [6.45, 7) is 3.89. The Morgan fingerprint density at radius 1 is 1.17 bits per heavy atom. The van der Waals surface area contributed by atoms with Crippen molar-refractivity contribution >= 4 is 11.9 Å². The third kappa shape index (κ3) is 4.96. The summed E-state index contributed by atoms with van der Waals surface area (Å²) in [5.74, 6) is -0.552. The number of rotatable bonds is 4. The second-order valence-corrected chi connectivity index (χ2v) is 11.0. The normalized spacial score (nSPS) is 28.7. The van der Waals surface area contributed by atoms with E-state index in [1.165, 1.54) is 6.07 Å². The van der Waals surface area contributed by atoms with Crippen LogP contribution >= 0.6 is 0 Å². The van der Waals surface area contributed by atoms with E-state index < -0.39 is 17.7 Å². The molecule has 36 heavy (non-hydrogen) atoms. The molecular weight excluding hydrogens is 466 g/mol. The first-order valence-corrected chi connectivity index (χ1v) is 13.4. The summed E-state index contributed by atoms with van der Waals surface area (Å²) in [7, 11) is 1.87. The number of carbonyl (C=O) groups excluding carboxylic acids is 2. The SMILES string of the molecule is CN[C@@H]1CCN(C(=O)N2CC[C@@H](CN3CCOCC3=O)C3(CCCC3)C2)[C@H](c2cc(F)ccc2F)C1. The van der Waals surface area contributed by atoms with E-state index >= 15 is 0 Å². The van der Waals surface area contributed by atoms with Gasteiger partial charge in [0, 0.05) is 44.3 Å². The largest absolute Gasteiger partial charge is 0.370 e. The van der Waals surface area contributed by atoms with E-state index in [0.29, 0.717) is 45.1 Å². The van der Waals surface area contributed by atoms with Gasteiger partial charge < -0.3 is 24.8 Å². The first kappa shape index (κ1) is 25.4. The molecule has 0 bridgehead atoms. The number of benzene rings is 1. The van der Waals surface area contributed by atoms with Gasteiger partial charge in [-0.15, -0.1) is 0 Å². The van der Waals surface area contributed by atoms with E-state index in [1.54, 1.807) is 4.90 Å². The summed E-state index contributed by atoms with van der Waals surface area (Å²) in [5.41, 5.74) is 0.259. The maximum atomic E-state index is 14.8. The monoisotopic (exact) mass is 504 g/mol. The number of nitrogens with zero attached hydrogens (tertiary/aromatic N) is 3. The smallest absolute Gasteiger partial charge is 0.320 e. The number of urea groups is 1. The van der Waals surface area contributed by atoms with Crippen molar-refractivity contribution in [3.05, 3.63) is 35.4 Å². The van der Waals surface area contributed by atoms with E-state index in [9.17, 15) is 18.4 Å². The van der Waals surface area contributed by atoms with Gasteiger partial charge in [-0.05, 0) is 68.7 Å². The molecule has 3 amide bonds. The van der Waals surface area contributed by atoms with E-state index in [4.69, 9.17) is 4.74 Å². The van der Waals surface area contributed by atoms with Gasteiger partial charge >= 0.3 is 6.03 Å². The molecule has 1 aromatic carbocycles. The van der Waals surface area contributed by atoms with E-state index in [2.05, 4.69) is 5.32 Å². The Kier molecular flexibility index (Phi) is 7.49. The minimum Gasteiger partial charge on any atom is -0.370 e. The molecule has 3 saturated heterocycles. The Hall–Kier alpha value is -2.26. The molecule has 4 fully saturated rings. The standard InChI is InChI=1S/C27H38F2N4O3/c1-30-21-7-11-33(24(15-21)22-14-20(28)4-5-23(22)29)26(35)32-10-6-19(27(18-32)8-2-3-9-27)16-31-12-13-36-17-25(31)34/h4-5,14,19,21,24,30H,2-3,6-13,15-18H2,1H3/t19-,21+,24-/m0/s1. The second kappa shape index (κ2) is 10.6. The number of nitrogens with one attached hydrogen (secondary N) is 1. The summed E-state index contributed by atoms with van der Waals surface area (Å²) in [4.78, 5) is 32.0. The predicted octanol–water partition coefficient (Wildman–Crippen LogP) is 3.55. The molecule has 3 heterocycles. The maximum absolute atomic E-state index is 14.8. The lowest BCUT2D eigenvalue weighted by molar-refractivity contribution is -0.145. The zero-order valence-electron chi connectivity index (χ0n) is 21.2. The molecule has 1 aliphatic carbocycles. The number of morpholine rings is 1. The van der Waals surface area contributed by atoms with Crippen LogP contribution in [0.5, 0.6) is 0 Å². The van der Waals surface area contributed by atoms with Crippen LogP contribution in [0.15, 0.2) is 18.2 Å². The zero-order valence-corrected chi connectivity index (χ0v) is 21.2. The summed E-state index contributed by atoms with van der Waals surface area (Å²) in [5, 5.41) is 3.26. The fourth-order valence-electron chi connectivity index (χ4n) is 7.01. The van der Waals surface area contributed by atoms with Gasteiger partial charge in [-0.1, -0.05) is 12.8 Å². The van der Waals surface area contributed by atoms with Gasteiger partial charge in [0.25, 0.3) is 0 Å². The summed E-state index contributed by atoms with van der Waals surface area (Å²) >= 11 is 0. The second-order valence-electron chi connectivity index (χ2n) is 11.0. The molecule has 198 valence electrons. The van der Waals surface area contributed by atoms with Crippen LogP contribution in [-0.4, -0.2) is 85.7 Å². The Balaban J connectivity index is 1.35. The average Bonchev–Trinajstić information content (AvgIpc) is 3.36. The highest BCUT2D eigenvalue weighted by Gasteiger charge is 2.48. The third-order valence-corrected chi connectivity index (χ3v) is 9.09. The molecule has 3 aliphatic heterocycles. The topological polar surface area (TPSA) is 65.1 Å². The number of ether oxygens (including phenoxy) is 1. The Labute approximate surface area is 212 Å². The molecule has 1 N–H and O–H groups in total. The van der Waals surface area contributed by atoms with Gasteiger partial charge in [-0.3, -0.25) is 4.79 Å². The Morgan fingerprint density at radius 2 is 1.97 bits per heavy atom. The van der Waals surface area contributed by atoms with Crippen LogP contribution in [0, 0.1) is 23.0 Å². The lowest BCUT2D eigenvalue weighted by Crippen LogP contribution is -2.58. The zero-order chi connectivity index (χ0) is 25.3. The number of hydrogen-bond acceptors (Lipinski definition) is 4. The number of hydrogen-bond donors (Lipinski definition) is 1. The lowest BCUT2D eigenvalue weighted by atomic mass is 9.69. The lowest BCUT2D eigenvalue weighted by Gasteiger charge is -2.50. The highest BCUT2D eigenvalue weighted by atomic mass is 19.1. The van der Waals surface area contributed by atoms with Crippen molar-refractivity contribution in [2.24, 2.45) is 11.3 Å². The maximum Gasteiger partial charge on any atom is 0.320 e. The molecule has 0 unspecified atom stereocenters. The Bertz CT molecular complexity index is 970. The van der Waals surface area contributed by atoms with Crippen molar-refractivity contribution in [1.82, 2.24) is 20.0 Å². The number of halogens is 2. The highest BCUT2D eigenvalue weighted by molar-refractivity contribution is 5.78. The van der Waals surface area contributed by atoms with Crippen molar-refractivity contribution in [3.63, 3.8) is 0 Å². The molecule has 4 aliphatic rings. The van der Waals surface area contributed by atoms with Crippen molar-refractivity contribution in [1.29, 1.82) is 0 Å². The molecule has 1 aromatic rings. The van der Waals surface area contributed by atoms with E-state index in [1.807, 2.05) is 16.8 Å². The molecule has 5 rings (SSSR count). The first-order valence-electron chi connectivity index (χ1n) is 13.4. The summed E-state index contributed by atoms with van der Waals surface area (Å²) in [6, 6.07) is 3.06. The Morgan fingerprint density at radius 3 is 2.72 bits per heavy atom. The van der Waals surface area contributed by atoms with Crippen LogP contribution in [0.1, 0.15) is 56.6 Å². The van der Waals surface area contributed by atoms with E-state index in [0.717, 1.165) is 57.2 Å². The summed E-state index contributed by atoms with van der Waals surface area (Å²) < 4.78 is 34.2. The average molecular weight is 505 g/mol. The highest BCUT2D eigenvalue weighted by Crippen LogP contribution is 2.49. The van der Waals surface area contributed by atoms with Crippen LogP contribution in [0.2, 0.25) is 0 Å². The van der Waals surface area contributed by atoms with Crippen molar-refractivity contribution in [3.8, 4) is 0 Å². The van der Waals surface area contributed by atoms with Gasteiger partial charge in [0.15, 0.2) is 0 Å². The number of likely N-dealkylation sites (tertiary alicyclic amines) is 2. The van der Waals surface area contributed by atoms with Gasteiger partial charge in [-0.25, -0.2) is 13.6 Å². The minimum atomic E-state index is -0.511. The molecule has 0 radical (unpaired) electrons. The molecule has 1 saturated carbocycles. The fourth-order valence-corrected chi connectivity index (χ4v) is 7.01. The molecule has 0 aromatic heterocycles. The van der Waals surface area contributed by atoms with Crippen LogP contribution in [0.25, 0.3) is 0 Å². The van der Waals surface area contributed by atoms with Gasteiger partial charge in [0.05, 0.1) is 12.6 Å². The van der Waals surface area contributed by atoms with Crippen LogP contribution in [-0.2, 0) is 9.53 Å². The minimum absolute atomic E-state index is 0.00932. The first-order chi connectivity index (χ1) is 17.4.